The molecular formula is C12H18N2O2. The highest BCUT2D eigenvalue weighted by Gasteiger charge is 2.03. The van der Waals surface area contributed by atoms with Gasteiger partial charge in [-0.1, -0.05) is 12.1 Å². The first-order chi connectivity index (χ1) is 7.58. The third-order valence-corrected chi connectivity index (χ3v) is 2.43. The highest BCUT2D eigenvalue weighted by molar-refractivity contribution is 5.75. The number of hydrogen-bond donors (Lipinski definition) is 3. The van der Waals surface area contributed by atoms with Gasteiger partial charge in [-0.2, -0.15) is 0 Å². The van der Waals surface area contributed by atoms with Gasteiger partial charge >= 0.3 is 0 Å². The van der Waals surface area contributed by atoms with Gasteiger partial charge in [0.1, 0.15) is 5.75 Å². The number of benzene rings is 1. The molecule has 1 aromatic rings. The maximum Gasteiger partial charge on any atom is 0.231 e. The SMILES string of the molecule is CC(CCc1ccc(O)cc1)NCC(N)=O. The number of rotatable bonds is 6. The van der Waals surface area contributed by atoms with Crippen molar-refractivity contribution in [3.63, 3.8) is 0 Å². The molecule has 0 saturated carbocycles. The maximum absolute atomic E-state index is 10.5. The van der Waals surface area contributed by atoms with E-state index in [-0.39, 0.29) is 24.2 Å². The van der Waals surface area contributed by atoms with Gasteiger partial charge in [-0.15, -0.1) is 0 Å². The van der Waals surface area contributed by atoms with Crippen molar-refractivity contribution >= 4 is 5.91 Å². The molecule has 1 amide bonds. The zero-order chi connectivity index (χ0) is 12.0. The Balaban J connectivity index is 2.28. The normalized spacial score (nSPS) is 12.3. The minimum atomic E-state index is -0.337. The lowest BCUT2D eigenvalue weighted by atomic mass is 10.1. The van der Waals surface area contributed by atoms with Gasteiger partial charge in [0, 0.05) is 6.04 Å². The summed E-state index contributed by atoms with van der Waals surface area (Å²) >= 11 is 0. The highest BCUT2D eigenvalue weighted by atomic mass is 16.3. The first-order valence-corrected chi connectivity index (χ1v) is 5.37. The number of phenolic OH excluding ortho intramolecular Hbond substituents is 1. The molecule has 0 aliphatic heterocycles. The van der Waals surface area contributed by atoms with Crippen molar-refractivity contribution < 1.29 is 9.90 Å². The Bertz CT molecular complexity index is 335. The summed E-state index contributed by atoms with van der Waals surface area (Å²) in [7, 11) is 0. The van der Waals surface area contributed by atoms with E-state index in [1.807, 2.05) is 19.1 Å². The maximum atomic E-state index is 10.5. The van der Waals surface area contributed by atoms with E-state index in [2.05, 4.69) is 5.32 Å². The van der Waals surface area contributed by atoms with Crippen LogP contribution in [0.4, 0.5) is 0 Å². The van der Waals surface area contributed by atoms with Crippen LogP contribution in [0.2, 0.25) is 0 Å². The van der Waals surface area contributed by atoms with Crippen molar-refractivity contribution in [3.8, 4) is 5.75 Å². The summed E-state index contributed by atoms with van der Waals surface area (Å²) < 4.78 is 0. The van der Waals surface area contributed by atoms with E-state index >= 15 is 0 Å². The topological polar surface area (TPSA) is 75.3 Å². The molecule has 1 atom stereocenters. The van der Waals surface area contributed by atoms with Crippen LogP contribution in [0.3, 0.4) is 0 Å². The van der Waals surface area contributed by atoms with E-state index in [0.717, 1.165) is 12.8 Å². The van der Waals surface area contributed by atoms with Crippen molar-refractivity contribution in [2.75, 3.05) is 6.54 Å². The smallest absolute Gasteiger partial charge is 0.231 e. The van der Waals surface area contributed by atoms with E-state index in [1.165, 1.54) is 5.56 Å². The average molecular weight is 222 g/mol. The van der Waals surface area contributed by atoms with Crippen LogP contribution in [-0.2, 0) is 11.2 Å². The van der Waals surface area contributed by atoms with Crippen LogP contribution < -0.4 is 11.1 Å². The summed E-state index contributed by atoms with van der Waals surface area (Å²) in [6.07, 6.45) is 1.84. The van der Waals surface area contributed by atoms with Crippen LogP contribution in [0.25, 0.3) is 0 Å². The number of nitrogens with one attached hydrogen (secondary N) is 1. The predicted octanol–water partition coefficient (Wildman–Crippen LogP) is 0.788. The summed E-state index contributed by atoms with van der Waals surface area (Å²) in [4.78, 5) is 10.5. The van der Waals surface area contributed by atoms with Crippen LogP contribution in [0.5, 0.6) is 5.75 Å². The minimum Gasteiger partial charge on any atom is -0.508 e. The Morgan fingerprint density at radius 3 is 2.62 bits per heavy atom. The largest absolute Gasteiger partial charge is 0.508 e. The number of carbonyl (C=O) groups is 1. The van der Waals surface area contributed by atoms with Crippen LogP contribution in [0.15, 0.2) is 24.3 Å². The first kappa shape index (κ1) is 12.5. The van der Waals surface area contributed by atoms with Crippen LogP contribution in [0.1, 0.15) is 18.9 Å². The van der Waals surface area contributed by atoms with Crippen molar-refractivity contribution in [3.05, 3.63) is 29.8 Å². The molecule has 4 nitrogen and oxygen atoms in total. The Kier molecular flexibility index (Phi) is 4.79. The van der Waals surface area contributed by atoms with E-state index < -0.39 is 0 Å². The van der Waals surface area contributed by atoms with Gasteiger partial charge in [-0.3, -0.25) is 4.79 Å². The number of phenols is 1. The Morgan fingerprint density at radius 2 is 2.06 bits per heavy atom. The van der Waals surface area contributed by atoms with Crippen molar-refractivity contribution in [2.45, 2.75) is 25.8 Å². The zero-order valence-corrected chi connectivity index (χ0v) is 9.44. The quantitative estimate of drug-likeness (QED) is 0.666. The minimum absolute atomic E-state index is 0.219. The van der Waals surface area contributed by atoms with E-state index in [1.54, 1.807) is 12.1 Å². The molecule has 0 aromatic heterocycles. The summed E-state index contributed by atoms with van der Waals surface area (Å²) in [5.74, 6) is -0.0554. The van der Waals surface area contributed by atoms with Gasteiger partial charge in [-0.25, -0.2) is 0 Å². The molecule has 0 heterocycles. The standard InChI is InChI=1S/C12H18N2O2/c1-9(14-8-12(13)16)2-3-10-4-6-11(15)7-5-10/h4-7,9,14-15H,2-3,8H2,1H3,(H2,13,16). The van der Waals surface area contributed by atoms with Gasteiger partial charge in [0.05, 0.1) is 6.54 Å². The van der Waals surface area contributed by atoms with Crippen LogP contribution >= 0.6 is 0 Å². The molecule has 4 N–H and O–H groups in total. The molecule has 0 saturated heterocycles. The molecule has 1 unspecified atom stereocenters. The number of carbonyl (C=O) groups excluding carboxylic acids is 1. The fourth-order valence-electron chi connectivity index (χ4n) is 1.42. The molecule has 0 fully saturated rings. The zero-order valence-electron chi connectivity index (χ0n) is 9.44. The fourth-order valence-corrected chi connectivity index (χ4v) is 1.42. The van der Waals surface area contributed by atoms with E-state index in [9.17, 15) is 4.79 Å². The number of aromatic hydroxyl groups is 1. The van der Waals surface area contributed by atoms with Gasteiger partial charge in [-0.05, 0) is 37.5 Å². The molecule has 0 aliphatic rings. The summed E-state index contributed by atoms with van der Waals surface area (Å²) in [6.45, 7) is 2.24. The lowest BCUT2D eigenvalue weighted by molar-refractivity contribution is -0.117. The molecule has 1 aromatic carbocycles. The van der Waals surface area contributed by atoms with Crippen molar-refractivity contribution in [2.24, 2.45) is 5.73 Å². The second kappa shape index (κ2) is 6.12. The summed E-state index contributed by atoms with van der Waals surface area (Å²) in [5, 5.41) is 12.2. The molecule has 0 spiro atoms. The molecule has 0 bridgehead atoms. The fraction of sp³-hybridized carbons (Fsp3) is 0.417. The molecule has 88 valence electrons. The first-order valence-electron chi connectivity index (χ1n) is 5.37. The Hall–Kier alpha value is -1.55. The molecule has 4 heteroatoms. The van der Waals surface area contributed by atoms with Crippen LogP contribution in [0, 0.1) is 0 Å². The summed E-state index contributed by atoms with van der Waals surface area (Å²) in [6, 6.07) is 7.40. The molecule has 16 heavy (non-hydrogen) atoms. The monoisotopic (exact) mass is 222 g/mol. The van der Waals surface area contributed by atoms with Gasteiger partial charge in [0.2, 0.25) is 5.91 Å². The molecular weight excluding hydrogens is 204 g/mol. The average Bonchev–Trinajstić information content (AvgIpc) is 2.25. The molecule has 0 aliphatic carbocycles. The van der Waals surface area contributed by atoms with Gasteiger partial charge in [0.15, 0.2) is 0 Å². The second-order valence-corrected chi connectivity index (χ2v) is 3.95. The lowest BCUT2D eigenvalue weighted by Gasteiger charge is -2.12. The van der Waals surface area contributed by atoms with Crippen LogP contribution in [-0.4, -0.2) is 23.6 Å². The van der Waals surface area contributed by atoms with Gasteiger partial charge in [0.25, 0.3) is 0 Å². The Morgan fingerprint density at radius 1 is 1.44 bits per heavy atom. The second-order valence-electron chi connectivity index (χ2n) is 3.95. The predicted molar refractivity (Wildman–Crippen MR) is 63.1 cm³/mol. The van der Waals surface area contributed by atoms with Crippen molar-refractivity contribution in [1.82, 2.24) is 5.32 Å². The Labute approximate surface area is 95.5 Å². The van der Waals surface area contributed by atoms with Gasteiger partial charge < -0.3 is 16.2 Å². The molecule has 0 radical (unpaired) electrons. The van der Waals surface area contributed by atoms with E-state index in [4.69, 9.17) is 10.8 Å². The lowest BCUT2D eigenvalue weighted by Crippen LogP contribution is -2.35. The number of amides is 1. The third-order valence-electron chi connectivity index (χ3n) is 2.43. The van der Waals surface area contributed by atoms with Crippen molar-refractivity contribution in [1.29, 1.82) is 0 Å². The number of primary amides is 1. The third kappa shape index (κ3) is 4.79. The number of aryl methyl sites for hydroxylation is 1. The van der Waals surface area contributed by atoms with E-state index in [0.29, 0.717) is 0 Å². The molecule has 1 rings (SSSR count). The number of hydrogen-bond acceptors (Lipinski definition) is 3. The highest BCUT2D eigenvalue weighted by Crippen LogP contribution is 2.11. The number of nitrogens with two attached hydrogens (primary N) is 1. The summed E-state index contributed by atoms with van der Waals surface area (Å²) in [5.41, 5.74) is 6.21.